The van der Waals surface area contributed by atoms with Crippen molar-refractivity contribution < 1.29 is 19.4 Å². The van der Waals surface area contributed by atoms with Crippen LogP contribution < -0.4 is 0 Å². The Bertz CT molecular complexity index is 303. The number of aliphatic carboxylic acids is 1. The largest absolute Gasteiger partial charge is 0.481 e. The molecular weight excluding hydrogens is 222 g/mol. The number of amides is 1. The first-order valence-corrected chi connectivity index (χ1v) is 6.31. The average Bonchev–Trinajstić information content (AvgIpc) is 2.35. The van der Waals surface area contributed by atoms with Gasteiger partial charge in [0.25, 0.3) is 0 Å². The zero-order valence-electron chi connectivity index (χ0n) is 9.93. The summed E-state index contributed by atoms with van der Waals surface area (Å²) in [5.41, 5.74) is 0. The fourth-order valence-electron chi connectivity index (χ4n) is 2.76. The van der Waals surface area contributed by atoms with Gasteiger partial charge in [-0.1, -0.05) is 12.8 Å². The van der Waals surface area contributed by atoms with E-state index in [0.29, 0.717) is 13.2 Å². The number of carbonyl (C=O) groups excluding carboxylic acids is 1. The van der Waals surface area contributed by atoms with Gasteiger partial charge in [0.15, 0.2) is 0 Å². The molecule has 1 aliphatic heterocycles. The Morgan fingerprint density at radius 1 is 1.24 bits per heavy atom. The summed E-state index contributed by atoms with van der Waals surface area (Å²) in [5.74, 6) is -0.945. The van der Waals surface area contributed by atoms with Gasteiger partial charge in [0.05, 0.1) is 25.2 Å². The SMILES string of the molecule is O=C(O)CCC(=O)N1CCOC2CCCCC21. The Balaban J connectivity index is 1.93. The molecule has 2 aliphatic rings. The zero-order valence-corrected chi connectivity index (χ0v) is 9.93. The minimum atomic E-state index is -0.910. The van der Waals surface area contributed by atoms with Crippen LogP contribution in [0.3, 0.4) is 0 Å². The number of hydrogen-bond acceptors (Lipinski definition) is 3. The molecule has 17 heavy (non-hydrogen) atoms. The third-order valence-electron chi connectivity index (χ3n) is 3.61. The molecule has 96 valence electrons. The minimum absolute atomic E-state index is 0.0346. The van der Waals surface area contributed by atoms with Crippen LogP contribution in [-0.4, -0.2) is 47.2 Å². The van der Waals surface area contributed by atoms with Gasteiger partial charge in [0, 0.05) is 13.0 Å². The maximum Gasteiger partial charge on any atom is 0.303 e. The lowest BCUT2D eigenvalue weighted by Crippen LogP contribution is -2.54. The molecular formula is C12H19NO4. The Morgan fingerprint density at radius 3 is 2.76 bits per heavy atom. The lowest BCUT2D eigenvalue weighted by Gasteiger charge is -2.43. The third-order valence-corrected chi connectivity index (χ3v) is 3.61. The second-order valence-corrected chi connectivity index (χ2v) is 4.74. The topological polar surface area (TPSA) is 66.8 Å². The van der Waals surface area contributed by atoms with Crippen LogP contribution in [0.25, 0.3) is 0 Å². The van der Waals surface area contributed by atoms with Gasteiger partial charge in [-0.15, -0.1) is 0 Å². The summed E-state index contributed by atoms with van der Waals surface area (Å²) in [6.45, 7) is 1.19. The summed E-state index contributed by atoms with van der Waals surface area (Å²) in [6.07, 6.45) is 4.51. The average molecular weight is 241 g/mol. The van der Waals surface area contributed by atoms with Gasteiger partial charge in [-0.3, -0.25) is 9.59 Å². The van der Waals surface area contributed by atoms with Crippen LogP contribution in [0.1, 0.15) is 38.5 Å². The highest BCUT2D eigenvalue weighted by Crippen LogP contribution is 2.28. The van der Waals surface area contributed by atoms with E-state index in [0.717, 1.165) is 19.3 Å². The molecule has 1 saturated heterocycles. The summed E-state index contributed by atoms with van der Waals surface area (Å²) in [7, 11) is 0. The molecule has 0 bridgehead atoms. The van der Waals surface area contributed by atoms with E-state index >= 15 is 0 Å². The molecule has 1 amide bonds. The molecule has 0 aromatic rings. The first kappa shape index (κ1) is 12.4. The number of fused-ring (bicyclic) bond motifs is 1. The van der Waals surface area contributed by atoms with E-state index in [1.54, 1.807) is 0 Å². The van der Waals surface area contributed by atoms with Gasteiger partial charge in [-0.25, -0.2) is 0 Å². The number of carboxylic acid groups (broad SMARTS) is 1. The smallest absolute Gasteiger partial charge is 0.303 e. The first-order chi connectivity index (χ1) is 8.18. The molecule has 0 radical (unpaired) electrons. The molecule has 2 rings (SSSR count). The molecule has 2 unspecified atom stereocenters. The Labute approximate surface area is 101 Å². The molecule has 1 N–H and O–H groups in total. The molecule has 2 atom stereocenters. The van der Waals surface area contributed by atoms with Crippen molar-refractivity contribution >= 4 is 11.9 Å². The van der Waals surface area contributed by atoms with Gasteiger partial charge < -0.3 is 14.7 Å². The maximum absolute atomic E-state index is 12.0. The van der Waals surface area contributed by atoms with E-state index in [-0.39, 0.29) is 30.9 Å². The summed E-state index contributed by atoms with van der Waals surface area (Å²) < 4.78 is 5.68. The van der Waals surface area contributed by atoms with Gasteiger partial charge in [0.2, 0.25) is 5.91 Å². The lowest BCUT2D eigenvalue weighted by atomic mass is 9.90. The maximum atomic E-state index is 12.0. The molecule has 2 fully saturated rings. The van der Waals surface area contributed by atoms with E-state index in [4.69, 9.17) is 9.84 Å². The van der Waals surface area contributed by atoms with E-state index in [1.807, 2.05) is 4.90 Å². The quantitative estimate of drug-likeness (QED) is 0.801. The normalized spacial score (nSPS) is 28.6. The minimum Gasteiger partial charge on any atom is -0.481 e. The highest BCUT2D eigenvalue weighted by molar-refractivity contribution is 5.81. The van der Waals surface area contributed by atoms with Crippen molar-refractivity contribution in [1.29, 1.82) is 0 Å². The van der Waals surface area contributed by atoms with Gasteiger partial charge >= 0.3 is 5.97 Å². The van der Waals surface area contributed by atoms with E-state index < -0.39 is 5.97 Å². The van der Waals surface area contributed by atoms with Crippen LogP contribution in [-0.2, 0) is 14.3 Å². The standard InChI is InChI=1S/C12H19NO4/c14-11(5-6-12(15)16)13-7-8-17-10-4-2-1-3-9(10)13/h9-10H,1-8H2,(H,15,16). The predicted octanol–water partition coefficient (Wildman–Crippen LogP) is 1.02. The molecule has 0 spiro atoms. The molecule has 1 aliphatic carbocycles. The third kappa shape index (κ3) is 2.97. The number of carbonyl (C=O) groups is 2. The highest BCUT2D eigenvalue weighted by Gasteiger charge is 2.36. The van der Waals surface area contributed by atoms with Crippen LogP contribution in [0, 0.1) is 0 Å². The number of ether oxygens (including phenoxy) is 1. The second kappa shape index (κ2) is 5.49. The lowest BCUT2D eigenvalue weighted by molar-refractivity contribution is -0.151. The van der Waals surface area contributed by atoms with Crippen LogP contribution in [0.2, 0.25) is 0 Å². The Kier molecular flexibility index (Phi) is 3.99. The second-order valence-electron chi connectivity index (χ2n) is 4.74. The molecule has 5 heteroatoms. The fourth-order valence-corrected chi connectivity index (χ4v) is 2.76. The number of morpholine rings is 1. The number of carboxylic acids is 1. The number of hydrogen-bond donors (Lipinski definition) is 1. The van der Waals surface area contributed by atoms with Crippen LogP contribution in [0.5, 0.6) is 0 Å². The summed E-state index contributed by atoms with van der Waals surface area (Å²) in [4.78, 5) is 24.3. The summed E-state index contributed by atoms with van der Waals surface area (Å²) in [6, 6.07) is 0.179. The van der Waals surface area contributed by atoms with Gasteiger partial charge in [0.1, 0.15) is 0 Å². The van der Waals surface area contributed by atoms with Crippen molar-refractivity contribution in [2.24, 2.45) is 0 Å². The van der Waals surface area contributed by atoms with Crippen LogP contribution in [0.4, 0.5) is 0 Å². The van der Waals surface area contributed by atoms with Gasteiger partial charge in [-0.2, -0.15) is 0 Å². The fraction of sp³-hybridized carbons (Fsp3) is 0.833. The molecule has 1 saturated carbocycles. The van der Waals surface area contributed by atoms with Gasteiger partial charge in [-0.05, 0) is 12.8 Å². The summed E-state index contributed by atoms with van der Waals surface area (Å²) >= 11 is 0. The Morgan fingerprint density at radius 2 is 2.00 bits per heavy atom. The zero-order chi connectivity index (χ0) is 12.3. The van der Waals surface area contributed by atoms with Crippen LogP contribution in [0.15, 0.2) is 0 Å². The van der Waals surface area contributed by atoms with Crippen molar-refractivity contribution in [1.82, 2.24) is 4.90 Å². The number of nitrogens with zero attached hydrogens (tertiary/aromatic N) is 1. The first-order valence-electron chi connectivity index (χ1n) is 6.31. The molecule has 0 aromatic heterocycles. The van der Waals surface area contributed by atoms with E-state index in [9.17, 15) is 9.59 Å². The predicted molar refractivity (Wildman–Crippen MR) is 60.6 cm³/mol. The summed E-state index contributed by atoms with van der Waals surface area (Å²) in [5, 5.41) is 8.60. The van der Waals surface area contributed by atoms with Crippen molar-refractivity contribution in [3.05, 3.63) is 0 Å². The van der Waals surface area contributed by atoms with Crippen molar-refractivity contribution in [3.8, 4) is 0 Å². The van der Waals surface area contributed by atoms with E-state index in [2.05, 4.69) is 0 Å². The molecule has 1 heterocycles. The Hall–Kier alpha value is -1.10. The molecule has 0 aromatic carbocycles. The number of rotatable bonds is 3. The van der Waals surface area contributed by atoms with E-state index in [1.165, 1.54) is 6.42 Å². The highest BCUT2D eigenvalue weighted by atomic mass is 16.5. The molecule has 5 nitrogen and oxygen atoms in total. The van der Waals surface area contributed by atoms with Crippen molar-refractivity contribution in [2.75, 3.05) is 13.2 Å². The monoisotopic (exact) mass is 241 g/mol. The van der Waals surface area contributed by atoms with Crippen molar-refractivity contribution in [2.45, 2.75) is 50.7 Å². The van der Waals surface area contributed by atoms with Crippen LogP contribution >= 0.6 is 0 Å². The van der Waals surface area contributed by atoms with Crippen molar-refractivity contribution in [3.63, 3.8) is 0 Å².